The van der Waals surface area contributed by atoms with Gasteiger partial charge in [-0.05, 0) is 24.4 Å². The number of aromatic nitrogens is 2. The third-order valence-corrected chi connectivity index (χ3v) is 2.27. The van der Waals surface area contributed by atoms with Crippen LogP contribution in [0.3, 0.4) is 0 Å². The summed E-state index contributed by atoms with van der Waals surface area (Å²) in [5, 5.41) is 0. The maximum Gasteiger partial charge on any atom is 0.499 e. The van der Waals surface area contributed by atoms with Gasteiger partial charge in [0.15, 0.2) is 4.77 Å². The minimum absolute atomic E-state index is 0.227. The monoisotopic (exact) mass is 284 g/mol. The first kappa shape index (κ1) is 12.8. The van der Waals surface area contributed by atoms with Gasteiger partial charge in [0.25, 0.3) is 0 Å². The molecule has 9 heteroatoms. The van der Waals surface area contributed by atoms with Gasteiger partial charge in [-0.2, -0.15) is 22.0 Å². The normalized spacial score (nSPS) is 12.9. The minimum Gasteiger partial charge on any atom is -0.426 e. The summed E-state index contributed by atoms with van der Waals surface area (Å²) < 4.78 is 64.9. The number of hydrogen-bond donors (Lipinski definition) is 2. The standard InChI is InChI=1S/C9H5F5N2OS/c10-8(11,12)9(13,14)17-4-1-2-5-6(3-4)16-7(18)15-5/h1-3H,(H2,15,16,18). The highest BCUT2D eigenvalue weighted by Crippen LogP contribution is 2.37. The van der Waals surface area contributed by atoms with E-state index in [-0.39, 0.29) is 10.3 Å². The highest BCUT2D eigenvalue weighted by Gasteiger charge is 2.61. The van der Waals surface area contributed by atoms with Crippen LogP contribution in [0.15, 0.2) is 18.2 Å². The van der Waals surface area contributed by atoms with Crippen molar-refractivity contribution in [2.75, 3.05) is 0 Å². The first-order valence-electron chi connectivity index (χ1n) is 4.55. The molecule has 2 aromatic rings. The maximum absolute atomic E-state index is 12.6. The number of ether oxygens (including phenoxy) is 1. The summed E-state index contributed by atoms with van der Waals surface area (Å²) in [6.45, 7) is 0. The molecule has 0 fully saturated rings. The van der Waals surface area contributed by atoms with E-state index in [4.69, 9.17) is 12.2 Å². The van der Waals surface area contributed by atoms with E-state index in [2.05, 4.69) is 14.7 Å². The van der Waals surface area contributed by atoms with Crippen molar-refractivity contribution in [3.05, 3.63) is 23.0 Å². The molecule has 18 heavy (non-hydrogen) atoms. The summed E-state index contributed by atoms with van der Waals surface area (Å²) in [6, 6.07) is 3.27. The number of hydrogen-bond acceptors (Lipinski definition) is 2. The Hall–Kier alpha value is -1.64. The van der Waals surface area contributed by atoms with Crippen molar-refractivity contribution in [2.24, 2.45) is 0 Å². The van der Waals surface area contributed by atoms with E-state index in [1.165, 1.54) is 6.07 Å². The molecule has 0 aliphatic carbocycles. The van der Waals surface area contributed by atoms with Crippen LogP contribution in [-0.2, 0) is 0 Å². The number of imidazole rings is 1. The van der Waals surface area contributed by atoms with Crippen LogP contribution in [-0.4, -0.2) is 22.3 Å². The van der Waals surface area contributed by atoms with E-state index < -0.39 is 18.0 Å². The van der Waals surface area contributed by atoms with Gasteiger partial charge >= 0.3 is 12.3 Å². The van der Waals surface area contributed by atoms with E-state index in [1.54, 1.807) is 0 Å². The molecule has 0 radical (unpaired) electrons. The van der Waals surface area contributed by atoms with Gasteiger partial charge in [0.05, 0.1) is 11.0 Å². The number of halogens is 5. The third kappa shape index (κ3) is 2.30. The fourth-order valence-corrected chi connectivity index (χ4v) is 1.50. The van der Waals surface area contributed by atoms with Gasteiger partial charge < -0.3 is 14.7 Å². The molecule has 0 aliphatic rings. The van der Waals surface area contributed by atoms with Gasteiger partial charge in [-0.1, -0.05) is 0 Å². The number of aromatic amines is 2. The SMILES string of the molecule is FC(F)(F)C(F)(F)Oc1ccc2[nH]c(=S)[nH]c2c1. The summed E-state index contributed by atoms with van der Waals surface area (Å²) in [5.74, 6) is -0.616. The lowest BCUT2D eigenvalue weighted by molar-refractivity contribution is -0.360. The number of H-pyrrole nitrogens is 2. The molecular formula is C9H5F5N2OS. The number of nitrogens with one attached hydrogen (secondary N) is 2. The molecule has 98 valence electrons. The van der Waals surface area contributed by atoms with E-state index >= 15 is 0 Å². The fraction of sp³-hybridized carbons (Fsp3) is 0.222. The number of rotatable bonds is 2. The Bertz CT molecular complexity index is 630. The Balaban J connectivity index is 2.35. The molecule has 2 rings (SSSR count). The maximum atomic E-state index is 12.6. The van der Waals surface area contributed by atoms with Gasteiger partial charge in [0.2, 0.25) is 0 Å². The van der Waals surface area contributed by atoms with Crippen molar-refractivity contribution in [3.8, 4) is 5.75 Å². The molecule has 1 aromatic heterocycles. The zero-order valence-electron chi connectivity index (χ0n) is 8.44. The number of benzene rings is 1. The summed E-state index contributed by atoms with van der Waals surface area (Å²) in [5.41, 5.74) is 0.748. The molecular weight excluding hydrogens is 279 g/mol. The van der Waals surface area contributed by atoms with Crippen LogP contribution in [0.5, 0.6) is 5.75 Å². The summed E-state index contributed by atoms with van der Waals surface area (Å²) in [6.07, 6.45) is -11.0. The van der Waals surface area contributed by atoms with Gasteiger partial charge in [0, 0.05) is 6.07 Å². The Morgan fingerprint density at radius 3 is 2.22 bits per heavy atom. The largest absolute Gasteiger partial charge is 0.499 e. The summed E-state index contributed by atoms with van der Waals surface area (Å²) in [4.78, 5) is 5.25. The Morgan fingerprint density at radius 1 is 1.00 bits per heavy atom. The average Bonchev–Trinajstić information content (AvgIpc) is 2.54. The van der Waals surface area contributed by atoms with Crippen molar-refractivity contribution in [2.45, 2.75) is 12.3 Å². The molecule has 0 bridgehead atoms. The van der Waals surface area contributed by atoms with E-state index in [1.807, 2.05) is 0 Å². The second kappa shape index (κ2) is 3.94. The average molecular weight is 284 g/mol. The van der Waals surface area contributed by atoms with Gasteiger partial charge in [-0.25, -0.2) is 0 Å². The zero-order valence-corrected chi connectivity index (χ0v) is 9.25. The van der Waals surface area contributed by atoms with Gasteiger partial charge in [-0.15, -0.1) is 0 Å². The first-order chi connectivity index (χ1) is 8.19. The molecule has 1 aromatic carbocycles. The van der Waals surface area contributed by atoms with Gasteiger partial charge in [0.1, 0.15) is 5.75 Å². The third-order valence-electron chi connectivity index (χ3n) is 2.06. The number of fused-ring (bicyclic) bond motifs is 1. The molecule has 0 unspecified atom stereocenters. The van der Waals surface area contributed by atoms with Crippen LogP contribution in [0, 0.1) is 4.77 Å². The van der Waals surface area contributed by atoms with E-state index in [0.29, 0.717) is 5.52 Å². The van der Waals surface area contributed by atoms with E-state index in [9.17, 15) is 22.0 Å². The van der Waals surface area contributed by atoms with Crippen LogP contribution in [0.4, 0.5) is 22.0 Å². The molecule has 0 amide bonds. The van der Waals surface area contributed by atoms with Crippen LogP contribution in [0.2, 0.25) is 0 Å². The van der Waals surface area contributed by atoms with Crippen molar-refractivity contribution in [1.82, 2.24) is 9.97 Å². The first-order valence-corrected chi connectivity index (χ1v) is 4.95. The summed E-state index contributed by atoms with van der Waals surface area (Å²) >= 11 is 4.75. The zero-order chi connectivity index (χ0) is 13.6. The quantitative estimate of drug-likeness (QED) is 0.651. The van der Waals surface area contributed by atoms with Crippen LogP contribution >= 0.6 is 12.2 Å². The predicted molar refractivity (Wildman–Crippen MR) is 55.1 cm³/mol. The molecule has 3 nitrogen and oxygen atoms in total. The molecule has 0 saturated carbocycles. The van der Waals surface area contributed by atoms with Crippen molar-refractivity contribution in [1.29, 1.82) is 0 Å². The number of alkyl halides is 5. The van der Waals surface area contributed by atoms with Crippen molar-refractivity contribution >= 4 is 23.3 Å². The van der Waals surface area contributed by atoms with Crippen LogP contribution < -0.4 is 4.74 Å². The van der Waals surface area contributed by atoms with Crippen LogP contribution in [0.25, 0.3) is 11.0 Å². The Kier molecular flexibility index (Phi) is 2.80. The lowest BCUT2D eigenvalue weighted by Crippen LogP contribution is -2.41. The predicted octanol–water partition coefficient (Wildman–Crippen LogP) is 3.76. The smallest absolute Gasteiger partial charge is 0.426 e. The minimum atomic E-state index is -5.77. The van der Waals surface area contributed by atoms with Crippen molar-refractivity contribution in [3.63, 3.8) is 0 Å². The Labute approximate surface area is 102 Å². The Morgan fingerprint density at radius 2 is 1.61 bits per heavy atom. The lowest BCUT2D eigenvalue weighted by Gasteiger charge is -2.19. The highest BCUT2D eigenvalue weighted by atomic mass is 32.1. The summed E-state index contributed by atoms with van der Waals surface area (Å²) in [7, 11) is 0. The van der Waals surface area contributed by atoms with E-state index in [0.717, 1.165) is 12.1 Å². The van der Waals surface area contributed by atoms with Gasteiger partial charge in [-0.3, -0.25) is 0 Å². The molecule has 0 spiro atoms. The van der Waals surface area contributed by atoms with Crippen molar-refractivity contribution < 1.29 is 26.7 Å². The molecule has 1 heterocycles. The van der Waals surface area contributed by atoms with Crippen LogP contribution in [0.1, 0.15) is 0 Å². The second-order valence-electron chi connectivity index (χ2n) is 3.40. The molecule has 2 N–H and O–H groups in total. The molecule has 0 saturated heterocycles. The fourth-order valence-electron chi connectivity index (χ4n) is 1.28. The highest BCUT2D eigenvalue weighted by molar-refractivity contribution is 7.71. The lowest BCUT2D eigenvalue weighted by atomic mass is 10.3. The second-order valence-corrected chi connectivity index (χ2v) is 3.81. The topological polar surface area (TPSA) is 40.8 Å². The molecule has 0 aliphatic heterocycles. The molecule has 0 atom stereocenters.